The summed E-state index contributed by atoms with van der Waals surface area (Å²) >= 11 is 6.15. The summed E-state index contributed by atoms with van der Waals surface area (Å²) in [6.07, 6.45) is 5.86. The van der Waals surface area contributed by atoms with Crippen molar-refractivity contribution in [1.29, 1.82) is 10.7 Å². The van der Waals surface area contributed by atoms with Crippen LogP contribution < -0.4 is 10.6 Å². The number of halogens is 3. The summed E-state index contributed by atoms with van der Waals surface area (Å²) in [5.41, 5.74) is 2.36. The van der Waals surface area contributed by atoms with Gasteiger partial charge in [0.2, 0.25) is 11.8 Å². The molecule has 2 bridgehead atoms. The quantitative estimate of drug-likeness (QED) is 0.355. The Balaban J connectivity index is 1.75. The molecule has 2 aliphatic heterocycles. The number of nitrogens with zero attached hydrogens (tertiary/aromatic N) is 3. The van der Waals surface area contributed by atoms with E-state index in [0.717, 1.165) is 6.21 Å². The molecule has 2 amide bonds. The van der Waals surface area contributed by atoms with Gasteiger partial charge >= 0.3 is 6.55 Å². The molecule has 2 aromatic rings. The maximum atomic E-state index is 13.5. The van der Waals surface area contributed by atoms with Gasteiger partial charge in [-0.25, -0.2) is 0 Å². The predicted octanol–water partition coefficient (Wildman–Crippen LogP) is 5.03. The SMILES string of the molecule is CC1CCCC(N2CCC(c3cc(Cl)ccc3C#N)=CC2=O)c2cc(ccn2)/C(NC(F)F)=C(/C=N)NC1=O. The van der Waals surface area contributed by atoms with E-state index in [1.165, 1.54) is 18.3 Å². The molecule has 3 N–H and O–H groups in total. The molecule has 0 radical (unpaired) electrons. The van der Waals surface area contributed by atoms with Crippen molar-refractivity contribution < 1.29 is 18.4 Å². The van der Waals surface area contributed by atoms with Gasteiger partial charge in [0, 0.05) is 41.5 Å². The van der Waals surface area contributed by atoms with Crippen molar-refractivity contribution in [3.05, 3.63) is 75.7 Å². The van der Waals surface area contributed by atoms with Gasteiger partial charge in [-0.2, -0.15) is 14.0 Å². The lowest BCUT2D eigenvalue weighted by atomic mass is 9.92. The molecule has 1 aromatic heterocycles. The number of amides is 2. The standard InChI is InChI=1S/C28H27ClF2N6O2/c1-16-3-2-4-24(37-10-8-17(12-25(37)38)21-13-20(29)6-5-19(21)14-32)22-11-18(7-9-34-22)26(36-28(30)31)23(15-33)35-27(16)39/h5-7,9,11-13,15-16,24,28,33,36H,2-4,8,10H2,1H3,(H,35,39)/b26-23+,33-15?. The number of allylic oxidation sites excluding steroid dienone is 1. The second-order valence-electron chi connectivity index (χ2n) is 9.44. The molecule has 0 saturated heterocycles. The zero-order chi connectivity index (χ0) is 28.1. The fourth-order valence-corrected chi connectivity index (χ4v) is 5.08. The minimum absolute atomic E-state index is 0.0853. The van der Waals surface area contributed by atoms with Gasteiger partial charge in [0.25, 0.3) is 0 Å². The second kappa shape index (κ2) is 12.2. The number of pyridine rings is 1. The Morgan fingerprint density at radius 1 is 1.28 bits per heavy atom. The first-order valence-corrected chi connectivity index (χ1v) is 12.9. The van der Waals surface area contributed by atoms with Crippen LogP contribution in [0.25, 0.3) is 11.3 Å². The second-order valence-corrected chi connectivity index (χ2v) is 9.87. The fraction of sp³-hybridized carbons (Fsp3) is 0.321. The van der Waals surface area contributed by atoms with E-state index in [-0.39, 0.29) is 23.2 Å². The molecule has 3 heterocycles. The monoisotopic (exact) mass is 552 g/mol. The van der Waals surface area contributed by atoms with Crippen molar-refractivity contribution in [3.8, 4) is 6.07 Å². The zero-order valence-corrected chi connectivity index (χ0v) is 21.9. The number of nitriles is 1. The Hall–Kier alpha value is -4.10. The van der Waals surface area contributed by atoms with Crippen LogP contribution in [0.1, 0.15) is 61.0 Å². The Labute approximate surface area is 229 Å². The van der Waals surface area contributed by atoms with Crippen LogP contribution >= 0.6 is 11.6 Å². The lowest BCUT2D eigenvalue weighted by Gasteiger charge is -2.34. The number of nitrogens with one attached hydrogen (secondary N) is 3. The van der Waals surface area contributed by atoms with Crippen molar-refractivity contribution in [2.75, 3.05) is 6.54 Å². The van der Waals surface area contributed by atoms with Gasteiger partial charge in [-0.05, 0) is 60.7 Å². The van der Waals surface area contributed by atoms with E-state index < -0.39 is 18.5 Å². The number of alkyl halides is 2. The average molecular weight is 553 g/mol. The van der Waals surface area contributed by atoms with Crippen molar-refractivity contribution in [3.63, 3.8) is 0 Å². The molecule has 11 heteroatoms. The Bertz CT molecular complexity index is 1400. The third kappa shape index (κ3) is 6.32. The van der Waals surface area contributed by atoms with Crippen LogP contribution in [0.5, 0.6) is 0 Å². The Morgan fingerprint density at radius 3 is 2.77 bits per heavy atom. The maximum absolute atomic E-state index is 13.5. The Kier molecular flexibility index (Phi) is 8.72. The molecule has 0 saturated carbocycles. The number of carbonyl (C=O) groups excluding carboxylic acids is 2. The highest BCUT2D eigenvalue weighted by Gasteiger charge is 2.30. The van der Waals surface area contributed by atoms with Crippen molar-refractivity contribution in [2.45, 2.75) is 45.2 Å². The first-order valence-electron chi connectivity index (χ1n) is 12.5. The molecular formula is C28H27ClF2N6O2. The minimum atomic E-state index is -2.94. The van der Waals surface area contributed by atoms with Crippen molar-refractivity contribution >= 4 is 40.9 Å². The molecule has 4 rings (SSSR count). The van der Waals surface area contributed by atoms with Gasteiger partial charge < -0.3 is 20.9 Å². The fourth-order valence-electron chi connectivity index (χ4n) is 4.91. The first kappa shape index (κ1) is 27.9. The predicted molar refractivity (Wildman–Crippen MR) is 143 cm³/mol. The van der Waals surface area contributed by atoms with Gasteiger partial charge in [0.1, 0.15) is 0 Å². The summed E-state index contributed by atoms with van der Waals surface area (Å²) < 4.78 is 26.9. The molecule has 202 valence electrons. The molecule has 8 nitrogen and oxygen atoms in total. The Morgan fingerprint density at radius 2 is 2.08 bits per heavy atom. The number of fused-ring (bicyclic) bond motifs is 2. The third-order valence-electron chi connectivity index (χ3n) is 6.93. The van der Waals surface area contributed by atoms with Crippen LogP contribution in [0.15, 0.2) is 48.3 Å². The van der Waals surface area contributed by atoms with Gasteiger partial charge in [0.05, 0.1) is 34.8 Å². The van der Waals surface area contributed by atoms with Crippen LogP contribution in [0.4, 0.5) is 8.78 Å². The normalized spacial score (nSPS) is 22.3. The molecule has 1 aromatic carbocycles. The third-order valence-corrected chi connectivity index (χ3v) is 7.16. The molecule has 2 aliphatic rings. The van der Waals surface area contributed by atoms with E-state index >= 15 is 0 Å². The van der Waals surface area contributed by atoms with E-state index in [2.05, 4.69) is 16.4 Å². The summed E-state index contributed by atoms with van der Waals surface area (Å²) in [7, 11) is 0. The van der Waals surface area contributed by atoms with Gasteiger partial charge in [0.15, 0.2) is 0 Å². The molecule has 39 heavy (non-hydrogen) atoms. The van der Waals surface area contributed by atoms with Gasteiger partial charge in [-0.3, -0.25) is 14.6 Å². The van der Waals surface area contributed by atoms with E-state index in [1.54, 1.807) is 36.1 Å². The first-order chi connectivity index (χ1) is 18.7. The summed E-state index contributed by atoms with van der Waals surface area (Å²) in [6.45, 7) is -0.867. The van der Waals surface area contributed by atoms with Crippen LogP contribution in [0.2, 0.25) is 5.02 Å². The number of benzene rings is 1. The van der Waals surface area contributed by atoms with Gasteiger partial charge in [-0.15, -0.1) is 0 Å². The number of hydrogen-bond donors (Lipinski definition) is 3. The van der Waals surface area contributed by atoms with Crippen LogP contribution in [-0.2, 0) is 9.59 Å². The molecule has 2 atom stereocenters. The molecule has 0 fully saturated rings. The largest absolute Gasteiger partial charge is 0.330 e. The van der Waals surface area contributed by atoms with Crippen molar-refractivity contribution in [2.24, 2.45) is 5.92 Å². The smallest absolute Gasteiger partial charge is 0.313 e. The van der Waals surface area contributed by atoms with Crippen LogP contribution in [0, 0.1) is 22.7 Å². The maximum Gasteiger partial charge on any atom is 0.313 e. The lowest BCUT2D eigenvalue weighted by molar-refractivity contribution is -0.129. The topological polar surface area (TPSA) is 122 Å². The van der Waals surface area contributed by atoms with Gasteiger partial charge in [-0.1, -0.05) is 24.9 Å². The highest BCUT2D eigenvalue weighted by Crippen LogP contribution is 2.34. The highest BCUT2D eigenvalue weighted by molar-refractivity contribution is 6.30. The van der Waals surface area contributed by atoms with Crippen molar-refractivity contribution in [1.82, 2.24) is 20.5 Å². The van der Waals surface area contributed by atoms with Crippen LogP contribution in [-0.4, -0.2) is 41.0 Å². The van der Waals surface area contributed by atoms with E-state index in [9.17, 15) is 23.6 Å². The zero-order valence-electron chi connectivity index (χ0n) is 21.2. The lowest BCUT2D eigenvalue weighted by Crippen LogP contribution is -2.38. The summed E-state index contributed by atoms with van der Waals surface area (Å²) in [5, 5.41) is 22.4. The molecule has 2 unspecified atom stereocenters. The average Bonchev–Trinajstić information content (AvgIpc) is 2.92. The van der Waals surface area contributed by atoms with E-state index in [1.807, 2.05) is 5.32 Å². The number of carbonyl (C=O) groups is 2. The van der Waals surface area contributed by atoms with E-state index in [0.29, 0.717) is 65.2 Å². The molecule has 0 spiro atoms. The minimum Gasteiger partial charge on any atom is -0.330 e. The molecule has 0 aliphatic carbocycles. The summed E-state index contributed by atoms with van der Waals surface area (Å²) in [4.78, 5) is 32.4. The number of rotatable bonds is 5. The van der Waals surface area contributed by atoms with E-state index in [4.69, 9.17) is 17.0 Å². The number of aromatic nitrogens is 1. The summed E-state index contributed by atoms with van der Waals surface area (Å²) in [6, 6.07) is 9.70. The number of hydrogen-bond acceptors (Lipinski definition) is 6. The molecular weight excluding hydrogens is 526 g/mol. The highest BCUT2D eigenvalue weighted by atomic mass is 35.5. The summed E-state index contributed by atoms with van der Waals surface area (Å²) in [5.74, 6) is -1.10. The van der Waals surface area contributed by atoms with Crippen LogP contribution in [0.3, 0.4) is 0 Å².